The van der Waals surface area contributed by atoms with Crippen LogP contribution in [-0.2, 0) is 6.54 Å². The molecule has 1 amide bonds. The zero-order valence-corrected chi connectivity index (χ0v) is 9.40. The van der Waals surface area contributed by atoms with Gasteiger partial charge in [-0.15, -0.1) is 0 Å². The highest BCUT2D eigenvalue weighted by Crippen LogP contribution is 2.04. The molecule has 2 aromatic rings. The minimum atomic E-state index is -0.231. The summed E-state index contributed by atoms with van der Waals surface area (Å²) in [6, 6.07) is 3.23. The Morgan fingerprint density at radius 1 is 1.47 bits per heavy atom. The maximum atomic E-state index is 11.7. The SMILES string of the molecule is Cc1[nH]ncc1CNC(=O)c1ccc(N)cn1. The van der Waals surface area contributed by atoms with Gasteiger partial charge in [0.05, 0.1) is 18.1 Å². The van der Waals surface area contributed by atoms with Crippen molar-refractivity contribution in [2.45, 2.75) is 13.5 Å². The van der Waals surface area contributed by atoms with Crippen molar-refractivity contribution in [3.8, 4) is 0 Å². The number of carbonyl (C=O) groups excluding carboxylic acids is 1. The fraction of sp³-hybridized carbons (Fsp3) is 0.182. The summed E-state index contributed by atoms with van der Waals surface area (Å²) in [5.41, 5.74) is 8.27. The molecule has 0 atom stereocenters. The first-order chi connectivity index (χ1) is 8.16. The van der Waals surface area contributed by atoms with Crippen LogP contribution in [-0.4, -0.2) is 21.1 Å². The standard InChI is InChI=1S/C11H13N5O/c1-7-8(5-15-16-7)4-14-11(17)10-3-2-9(12)6-13-10/h2-3,5-6H,4,12H2,1H3,(H,14,17)(H,15,16). The first kappa shape index (κ1) is 11.1. The maximum Gasteiger partial charge on any atom is 0.270 e. The van der Waals surface area contributed by atoms with Crippen LogP contribution in [0.4, 0.5) is 5.69 Å². The Kier molecular flexibility index (Phi) is 3.04. The summed E-state index contributed by atoms with van der Waals surface area (Å²) >= 11 is 0. The molecule has 2 rings (SSSR count). The van der Waals surface area contributed by atoms with Crippen LogP contribution >= 0.6 is 0 Å². The molecule has 0 aliphatic heterocycles. The van der Waals surface area contributed by atoms with E-state index >= 15 is 0 Å². The van der Waals surface area contributed by atoms with Gasteiger partial charge >= 0.3 is 0 Å². The lowest BCUT2D eigenvalue weighted by molar-refractivity contribution is 0.0946. The van der Waals surface area contributed by atoms with Crippen LogP contribution in [0.2, 0.25) is 0 Å². The normalized spacial score (nSPS) is 10.2. The molecule has 0 aliphatic carbocycles. The lowest BCUT2D eigenvalue weighted by Crippen LogP contribution is -2.23. The highest BCUT2D eigenvalue weighted by atomic mass is 16.1. The number of nitrogens with two attached hydrogens (primary N) is 1. The van der Waals surface area contributed by atoms with E-state index < -0.39 is 0 Å². The second kappa shape index (κ2) is 4.65. The Bertz CT molecular complexity index is 517. The number of H-pyrrole nitrogens is 1. The first-order valence-corrected chi connectivity index (χ1v) is 5.15. The summed E-state index contributed by atoms with van der Waals surface area (Å²) in [5.74, 6) is -0.231. The number of aromatic nitrogens is 3. The van der Waals surface area contributed by atoms with Crippen molar-refractivity contribution in [1.29, 1.82) is 0 Å². The Labute approximate surface area is 98.3 Å². The van der Waals surface area contributed by atoms with Crippen LogP contribution in [0.5, 0.6) is 0 Å². The molecule has 0 saturated heterocycles. The zero-order valence-electron chi connectivity index (χ0n) is 9.40. The summed E-state index contributed by atoms with van der Waals surface area (Å²) in [5, 5.41) is 9.44. The fourth-order valence-corrected chi connectivity index (χ4v) is 1.36. The van der Waals surface area contributed by atoms with Gasteiger partial charge in [-0.1, -0.05) is 0 Å². The number of amides is 1. The van der Waals surface area contributed by atoms with Crippen LogP contribution < -0.4 is 11.1 Å². The molecule has 2 heterocycles. The largest absolute Gasteiger partial charge is 0.397 e. The molecule has 0 radical (unpaired) electrons. The molecule has 0 saturated carbocycles. The third-order valence-corrected chi connectivity index (χ3v) is 2.39. The second-order valence-corrected chi connectivity index (χ2v) is 3.68. The molecule has 0 spiro atoms. The number of pyridine rings is 1. The van der Waals surface area contributed by atoms with Gasteiger partial charge in [0, 0.05) is 17.8 Å². The molecule has 0 bridgehead atoms. The van der Waals surface area contributed by atoms with E-state index in [9.17, 15) is 4.79 Å². The smallest absolute Gasteiger partial charge is 0.270 e. The molecular formula is C11H13N5O. The van der Waals surface area contributed by atoms with Crippen molar-refractivity contribution < 1.29 is 4.79 Å². The number of carbonyl (C=O) groups is 1. The maximum absolute atomic E-state index is 11.7. The summed E-state index contributed by atoms with van der Waals surface area (Å²) in [4.78, 5) is 15.7. The predicted molar refractivity (Wildman–Crippen MR) is 63.1 cm³/mol. The molecule has 6 heteroatoms. The summed E-state index contributed by atoms with van der Waals surface area (Å²) < 4.78 is 0. The van der Waals surface area contributed by atoms with Crippen molar-refractivity contribution in [3.05, 3.63) is 41.5 Å². The van der Waals surface area contributed by atoms with E-state index in [4.69, 9.17) is 5.73 Å². The highest BCUT2D eigenvalue weighted by molar-refractivity contribution is 5.92. The Balaban J connectivity index is 1.98. The summed E-state index contributed by atoms with van der Waals surface area (Å²) in [7, 11) is 0. The molecule has 4 N–H and O–H groups in total. The molecule has 6 nitrogen and oxygen atoms in total. The number of aryl methyl sites for hydroxylation is 1. The van der Waals surface area contributed by atoms with E-state index in [0.29, 0.717) is 17.9 Å². The molecule has 88 valence electrons. The molecular weight excluding hydrogens is 218 g/mol. The average molecular weight is 231 g/mol. The number of hydrogen-bond acceptors (Lipinski definition) is 4. The molecule has 0 aliphatic rings. The van der Waals surface area contributed by atoms with E-state index in [1.54, 1.807) is 18.3 Å². The van der Waals surface area contributed by atoms with Crippen molar-refractivity contribution >= 4 is 11.6 Å². The molecule has 2 aromatic heterocycles. The minimum absolute atomic E-state index is 0.231. The number of anilines is 1. The van der Waals surface area contributed by atoms with E-state index in [0.717, 1.165) is 11.3 Å². The van der Waals surface area contributed by atoms with Crippen LogP contribution in [0.25, 0.3) is 0 Å². The van der Waals surface area contributed by atoms with Gasteiger partial charge in [-0.3, -0.25) is 9.89 Å². The van der Waals surface area contributed by atoms with Crippen molar-refractivity contribution in [1.82, 2.24) is 20.5 Å². The van der Waals surface area contributed by atoms with Gasteiger partial charge in [-0.05, 0) is 19.1 Å². The van der Waals surface area contributed by atoms with Crippen LogP contribution in [0.1, 0.15) is 21.7 Å². The molecule has 0 aromatic carbocycles. The van der Waals surface area contributed by atoms with E-state index in [1.165, 1.54) is 6.20 Å². The Hall–Kier alpha value is -2.37. The van der Waals surface area contributed by atoms with Gasteiger partial charge in [0.1, 0.15) is 5.69 Å². The van der Waals surface area contributed by atoms with Gasteiger partial charge < -0.3 is 11.1 Å². The van der Waals surface area contributed by atoms with Crippen molar-refractivity contribution in [2.24, 2.45) is 0 Å². The fourth-order valence-electron chi connectivity index (χ4n) is 1.36. The third kappa shape index (κ3) is 2.60. The summed E-state index contributed by atoms with van der Waals surface area (Å²) in [6.07, 6.45) is 3.14. The summed E-state index contributed by atoms with van der Waals surface area (Å²) in [6.45, 7) is 2.32. The topological polar surface area (TPSA) is 96.7 Å². The van der Waals surface area contributed by atoms with Crippen LogP contribution in [0.15, 0.2) is 24.5 Å². The number of aromatic amines is 1. The predicted octanol–water partition coefficient (Wildman–Crippen LogP) is 0.625. The number of nitrogens with zero attached hydrogens (tertiary/aromatic N) is 2. The van der Waals surface area contributed by atoms with Crippen molar-refractivity contribution in [3.63, 3.8) is 0 Å². The monoisotopic (exact) mass is 231 g/mol. The number of hydrogen-bond donors (Lipinski definition) is 3. The first-order valence-electron chi connectivity index (χ1n) is 5.15. The average Bonchev–Trinajstić information content (AvgIpc) is 2.73. The number of rotatable bonds is 3. The van der Waals surface area contributed by atoms with E-state index in [-0.39, 0.29) is 5.91 Å². The van der Waals surface area contributed by atoms with E-state index in [2.05, 4.69) is 20.5 Å². The molecule has 0 fully saturated rings. The molecule has 0 unspecified atom stereocenters. The van der Waals surface area contributed by atoms with Gasteiger partial charge in [0.25, 0.3) is 5.91 Å². The van der Waals surface area contributed by atoms with Gasteiger partial charge in [0.2, 0.25) is 0 Å². The third-order valence-electron chi connectivity index (χ3n) is 2.39. The van der Waals surface area contributed by atoms with Gasteiger partial charge in [0.15, 0.2) is 0 Å². The van der Waals surface area contributed by atoms with E-state index in [1.807, 2.05) is 6.92 Å². The lowest BCUT2D eigenvalue weighted by Gasteiger charge is -2.03. The minimum Gasteiger partial charge on any atom is -0.397 e. The highest BCUT2D eigenvalue weighted by Gasteiger charge is 2.07. The quantitative estimate of drug-likeness (QED) is 0.721. The number of nitrogens with one attached hydrogen (secondary N) is 2. The van der Waals surface area contributed by atoms with Gasteiger partial charge in [-0.2, -0.15) is 5.10 Å². The van der Waals surface area contributed by atoms with Crippen molar-refractivity contribution in [2.75, 3.05) is 5.73 Å². The lowest BCUT2D eigenvalue weighted by atomic mass is 10.2. The zero-order chi connectivity index (χ0) is 12.3. The number of nitrogen functional groups attached to an aromatic ring is 1. The Morgan fingerprint density at radius 2 is 2.29 bits per heavy atom. The van der Waals surface area contributed by atoms with Gasteiger partial charge in [-0.25, -0.2) is 4.98 Å². The van der Waals surface area contributed by atoms with Crippen LogP contribution in [0, 0.1) is 6.92 Å². The Morgan fingerprint density at radius 3 is 2.88 bits per heavy atom. The second-order valence-electron chi connectivity index (χ2n) is 3.68. The van der Waals surface area contributed by atoms with Crippen LogP contribution in [0.3, 0.4) is 0 Å². The molecule has 17 heavy (non-hydrogen) atoms.